The van der Waals surface area contributed by atoms with E-state index < -0.39 is 0 Å². The Hall–Kier alpha value is -0.780. The molecule has 1 rings (SSSR count). The summed E-state index contributed by atoms with van der Waals surface area (Å²) in [5, 5.41) is 0. The number of hydrogen-bond donors (Lipinski definition) is 0. The van der Waals surface area contributed by atoms with Crippen LogP contribution in [0.4, 0.5) is 0 Å². The number of benzene rings is 1. The Kier molecular flexibility index (Phi) is 3.36. The van der Waals surface area contributed by atoms with Crippen molar-refractivity contribution in [3.05, 3.63) is 34.9 Å². The molecule has 1 aromatic rings. The molecule has 0 bridgehead atoms. The van der Waals surface area contributed by atoms with Gasteiger partial charge in [-0.15, -0.1) is 0 Å². The lowest BCUT2D eigenvalue weighted by molar-refractivity contribution is 0.506. The molecule has 0 heteroatoms. The van der Waals surface area contributed by atoms with Gasteiger partial charge in [-0.3, -0.25) is 0 Å². The van der Waals surface area contributed by atoms with Crippen molar-refractivity contribution in [3.8, 4) is 0 Å². The molecule has 0 aliphatic carbocycles. The van der Waals surface area contributed by atoms with Gasteiger partial charge >= 0.3 is 0 Å². The zero-order valence-electron chi connectivity index (χ0n) is 10.1. The van der Waals surface area contributed by atoms with Gasteiger partial charge in [0.1, 0.15) is 0 Å². The van der Waals surface area contributed by atoms with Crippen LogP contribution in [0.25, 0.3) is 0 Å². The maximum Gasteiger partial charge on any atom is -0.0106 e. The molecule has 14 heavy (non-hydrogen) atoms. The monoisotopic (exact) mass is 190 g/mol. The smallest absolute Gasteiger partial charge is 0.0106 e. The Morgan fingerprint density at radius 2 is 1.79 bits per heavy atom. The van der Waals surface area contributed by atoms with E-state index in [-0.39, 0.29) is 0 Å². The van der Waals surface area contributed by atoms with Crippen molar-refractivity contribution in [1.29, 1.82) is 0 Å². The standard InChI is InChI=1S/C14H22/c1-6-12-8-9-13(10-11(12)3)14(4,5)7-2/h8-10H,6-7H2,1-5H3. The average molecular weight is 190 g/mol. The molecule has 0 saturated heterocycles. The highest BCUT2D eigenvalue weighted by molar-refractivity contribution is 5.34. The SMILES string of the molecule is CCc1ccc(C(C)(C)CC)cc1C. The minimum atomic E-state index is 0.316. The van der Waals surface area contributed by atoms with Gasteiger partial charge in [-0.25, -0.2) is 0 Å². The van der Waals surface area contributed by atoms with Crippen LogP contribution >= 0.6 is 0 Å². The van der Waals surface area contributed by atoms with Gasteiger partial charge < -0.3 is 0 Å². The largest absolute Gasteiger partial charge is 0.0646 e. The summed E-state index contributed by atoms with van der Waals surface area (Å²) in [6, 6.07) is 6.92. The lowest BCUT2D eigenvalue weighted by Crippen LogP contribution is -2.15. The zero-order chi connectivity index (χ0) is 10.8. The van der Waals surface area contributed by atoms with Crippen LogP contribution in [0.1, 0.15) is 50.8 Å². The summed E-state index contributed by atoms with van der Waals surface area (Å²) < 4.78 is 0. The number of rotatable bonds is 3. The van der Waals surface area contributed by atoms with E-state index >= 15 is 0 Å². The second kappa shape index (κ2) is 4.16. The van der Waals surface area contributed by atoms with Crippen molar-refractivity contribution < 1.29 is 0 Å². The molecule has 1 aromatic carbocycles. The Morgan fingerprint density at radius 3 is 2.21 bits per heavy atom. The first kappa shape index (κ1) is 11.3. The minimum Gasteiger partial charge on any atom is -0.0646 e. The van der Waals surface area contributed by atoms with E-state index in [2.05, 4.69) is 52.8 Å². The lowest BCUT2D eigenvalue weighted by atomic mass is 9.81. The summed E-state index contributed by atoms with van der Waals surface area (Å²) in [5.74, 6) is 0. The lowest BCUT2D eigenvalue weighted by Gasteiger charge is -2.24. The van der Waals surface area contributed by atoms with Crippen LogP contribution in [0.15, 0.2) is 18.2 Å². The van der Waals surface area contributed by atoms with Crippen molar-refractivity contribution >= 4 is 0 Å². The summed E-state index contributed by atoms with van der Waals surface area (Å²) in [6.07, 6.45) is 2.33. The molecular weight excluding hydrogens is 168 g/mol. The van der Waals surface area contributed by atoms with Gasteiger partial charge in [-0.1, -0.05) is 45.9 Å². The van der Waals surface area contributed by atoms with Gasteiger partial charge in [0.05, 0.1) is 0 Å². The second-order valence-electron chi connectivity index (χ2n) is 4.73. The molecule has 0 aliphatic rings. The van der Waals surface area contributed by atoms with Gasteiger partial charge in [-0.05, 0) is 41.9 Å². The Bertz CT molecular complexity index is 308. The summed E-state index contributed by atoms with van der Waals surface area (Å²) in [4.78, 5) is 0. The first-order valence-corrected chi connectivity index (χ1v) is 5.61. The van der Waals surface area contributed by atoms with Crippen molar-refractivity contribution in [1.82, 2.24) is 0 Å². The fourth-order valence-electron chi connectivity index (χ4n) is 1.72. The minimum absolute atomic E-state index is 0.316. The van der Waals surface area contributed by atoms with Crippen LogP contribution in [0.2, 0.25) is 0 Å². The molecule has 0 unspecified atom stereocenters. The third-order valence-corrected chi connectivity index (χ3v) is 3.39. The van der Waals surface area contributed by atoms with E-state index in [1.165, 1.54) is 23.1 Å². The normalized spacial score (nSPS) is 11.8. The molecule has 0 radical (unpaired) electrons. The Morgan fingerprint density at radius 1 is 1.14 bits per heavy atom. The van der Waals surface area contributed by atoms with Crippen LogP contribution in [0.5, 0.6) is 0 Å². The first-order valence-electron chi connectivity index (χ1n) is 5.61. The molecule has 0 spiro atoms. The van der Waals surface area contributed by atoms with E-state index in [0.29, 0.717) is 5.41 Å². The molecule has 0 aliphatic heterocycles. The van der Waals surface area contributed by atoms with Crippen LogP contribution in [0, 0.1) is 6.92 Å². The van der Waals surface area contributed by atoms with Crippen molar-refractivity contribution in [2.45, 2.75) is 52.9 Å². The molecule has 0 nitrogen and oxygen atoms in total. The number of aryl methyl sites for hydroxylation is 2. The number of hydrogen-bond acceptors (Lipinski definition) is 0. The second-order valence-corrected chi connectivity index (χ2v) is 4.73. The van der Waals surface area contributed by atoms with Gasteiger partial charge in [-0.2, -0.15) is 0 Å². The zero-order valence-corrected chi connectivity index (χ0v) is 10.1. The molecular formula is C14H22. The van der Waals surface area contributed by atoms with Crippen molar-refractivity contribution in [2.24, 2.45) is 0 Å². The van der Waals surface area contributed by atoms with E-state index in [1.807, 2.05) is 0 Å². The molecule has 0 saturated carbocycles. The van der Waals surface area contributed by atoms with E-state index in [0.717, 1.165) is 6.42 Å². The first-order chi connectivity index (χ1) is 6.51. The van der Waals surface area contributed by atoms with E-state index in [1.54, 1.807) is 0 Å². The van der Waals surface area contributed by atoms with Crippen LogP contribution in [0.3, 0.4) is 0 Å². The molecule has 0 heterocycles. The van der Waals surface area contributed by atoms with Crippen molar-refractivity contribution in [2.75, 3.05) is 0 Å². The summed E-state index contributed by atoms with van der Waals surface area (Å²) in [6.45, 7) is 11.3. The fraction of sp³-hybridized carbons (Fsp3) is 0.571. The predicted octanol–water partition coefficient (Wildman–Crippen LogP) is 4.25. The summed E-state index contributed by atoms with van der Waals surface area (Å²) in [7, 11) is 0. The highest BCUT2D eigenvalue weighted by Crippen LogP contribution is 2.28. The molecule has 0 amide bonds. The predicted molar refractivity (Wildman–Crippen MR) is 63.9 cm³/mol. The topological polar surface area (TPSA) is 0 Å². The maximum atomic E-state index is 2.35. The highest BCUT2D eigenvalue weighted by Gasteiger charge is 2.17. The molecule has 78 valence electrons. The van der Waals surface area contributed by atoms with Crippen LogP contribution in [-0.2, 0) is 11.8 Å². The molecule has 0 fully saturated rings. The average Bonchev–Trinajstić information content (AvgIpc) is 2.17. The van der Waals surface area contributed by atoms with E-state index in [9.17, 15) is 0 Å². The Balaban J connectivity index is 3.08. The van der Waals surface area contributed by atoms with Gasteiger partial charge in [0.2, 0.25) is 0 Å². The third-order valence-electron chi connectivity index (χ3n) is 3.39. The molecule has 0 aromatic heterocycles. The van der Waals surface area contributed by atoms with Gasteiger partial charge in [0, 0.05) is 0 Å². The Labute approximate surface area is 88.4 Å². The quantitative estimate of drug-likeness (QED) is 0.668. The van der Waals surface area contributed by atoms with Gasteiger partial charge in [0.15, 0.2) is 0 Å². The van der Waals surface area contributed by atoms with E-state index in [4.69, 9.17) is 0 Å². The van der Waals surface area contributed by atoms with Crippen LogP contribution < -0.4 is 0 Å². The summed E-state index contributed by atoms with van der Waals surface area (Å²) in [5.41, 5.74) is 4.69. The van der Waals surface area contributed by atoms with Crippen LogP contribution in [-0.4, -0.2) is 0 Å². The fourth-order valence-corrected chi connectivity index (χ4v) is 1.72. The van der Waals surface area contributed by atoms with Crippen molar-refractivity contribution in [3.63, 3.8) is 0 Å². The maximum absolute atomic E-state index is 2.35. The molecule has 0 N–H and O–H groups in total. The van der Waals surface area contributed by atoms with Gasteiger partial charge in [0.25, 0.3) is 0 Å². The highest BCUT2D eigenvalue weighted by atomic mass is 14.2. The third kappa shape index (κ3) is 2.17. The summed E-state index contributed by atoms with van der Waals surface area (Å²) >= 11 is 0. The molecule has 0 atom stereocenters.